The lowest BCUT2D eigenvalue weighted by Crippen LogP contribution is -2.29. The number of benzene rings is 1. The quantitative estimate of drug-likeness (QED) is 0.778. The van der Waals surface area contributed by atoms with Crippen molar-refractivity contribution < 1.29 is 19.5 Å². The Hall–Kier alpha value is -2.08. The normalized spacial score (nSPS) is 9.95. The summed E-state index contributed by atoms with van der Waals surface area (Å²) in [6.07, 6.45) is 0.664. The molecule has 0 aliphatic heterocycles. The Balaban J connectivity index is 3.10. The van der Waals surface area contributed by atoms with Gasteiger partial charge in [-0.15, -0.1) is 0 Å². The van der Waals surface area contributed by atoms with Crippen LogP contribution in [-0.4, -0.2) is 37.0 Å². The fourth-order valence-electron chi connectivity index (χ4n) is 1.66. The smallest absolute Gasteiger partial charge is 0.335 e. The zero-order valence-electron chi connectivity index (χ0n) is 11.1. The second-order valence-corrected chi connectivity index (χ2v) is 4.54. The third-order valence-electron chi connectivity index (χ3n) is 2.86. The van der Waals surface area contributed by atoms with Crippen LogP contribution in [-0.2, 0) is 9.59 Å². The first-order valence-corrected chi connectivity index (χ1v) is 6.24. The standard InChI is InChI=1S/C13H15ClN2O4/c1-8-10(14)5-9(13(19)20)6-11(8)16(7-17)4-3-12(18)15-2/h5-7H,3-4H2,1-2H3,(H,15,18)(H,19,20). The monoisotopic (exact) mass is 298 g/mol. The van der Waals surface area contributed by atoms with Crippen molar-refractivity contribution in [1.82, 2.24) is 5.32 Å². The van der Waals surface area contributed by atoms with E-state index in [9.17, 15) is 14.4 Å². The van der Waals surface area contributed by atoms with Crippen LogP contribution in [0.25, 0.3) is 0 Å². The van der Waals surface area contributed by atoms with Crippen molar-refractivity contribution in [2.45, 2.75) is 13.3 Å². The molecule has 1 aromatic rings. The van der Waals surface area contributed by atoms with E-state index in [-0.39, 0.29) is 29.5 Å². The van der Waals surface area contributed by atoms with Gasteiger partial charge in [0.25, 0.3) is 0 Å². The Morgan fingerprint density at radius 2 is 2.10 bits per heavy atom. The van der Waals surface area contributed by atoms with Gasteiger partial charge in [0.05, 0.1) is 5.56 Å². The second kappa shape index (κ2) is 6.91. The highest BCUT2D eigenvalue weighted by Gasteiger charge is 2.16. The minimum Gasteiger partial charge on any atom is -0.478 e. The summed E-state index contributed by atoms with van der Waals surface area (Å²) in [5, 5.41) is 11.7. The van der Waals surface area contributed by atoms with E-state index in [1.54, 1.807) is 6.92 Å². The van der Waals surface area contributed by atoms with E-state index in [1.807, 2.05) is 0 Å². The SMILES string of the molecule is CNC(=O)CCN(C=O)c1cc(C(=O)O)cc(Cl)c1C. The molecule has 0 aliphatic carbocycles. The van der Waals surface area contributed by atoms with Crippen LogP contribution in [0.4, 0.5) is 5.69 Å². The lowest BCUT2D eigenvalue weighted by Gasteiger charge is -2.20. The van der Waals surface area contributed by atoms with E-state index in [2.05, 4.69) is 5.32 Å². The lowest BCUT2D eigenvalue weighted by atomic mass is 10.1. The van der Waals surface area contributed by atoms with Gasteiger partial charge in [-0.3, -0.25) is 9.59 Å². The number of rotatable bonds is 6. The molecule has 2 amide bonds. The van der Waals surface area contributed by atoms with Gasteiger partial charge in [-0.05, 0) is 24.6 Å². The van der Waals surface area contributed by atoms with Gasteiger partial charge in [-0.2, -0.15) is 0 Å². The molecule has 0 aromatic heterocycles. The minimum absolute atomic E-state index is 0.0117. The summed E-state index contributed by atoms with van der Waals surface area (Å²) < 4.78 is 0. The van der Waals surface area contributed by atoms with E-state index < -0.39 is 5.97 Å². The fourth-order valence-corrected chi connectivity index (χ4v) is 1.88. The average Bonchev–Trinajstić information content (AvgIpc) is 2.42. The van der Waals surface area contributed by atoms with Gasteiger partial charge >= 0.3 is 5.97 Å². The van der Waals surface area contributed by atoms with Crippen LogP contribution < -0.4 is 10.2 Å². The maximum atomic E-state index is 11.2. The van der Waals surface area contributed by atoms with E-state index in [0.717, 1.165) is 0 Å². The van der Waals surface area contributed by atoms with Crippen LogP contribution in [0, 0.1) is 6.92 Å². The van der Waals surface area contributed by atoms with Gasteiger partial charge in [-0.1, -0.05) is 11.6 Å². The van der Waals surface area contributed by atoms with Crippen LogP contribution in [0.2, 0.25) is 5.02 Å². The lowest BCUT2D eigenvalue weighted by molar-refractivity contribution is -0.120. The molecular weight excluding hydrogens is 284 g/mol. The molecule has 6 nitrogen and oxygen atoms in total. The summed E-state index contributed by atoms with van der Waals surface area (Å²) in [4.78, 5) is 34.6. The highest BCUT2D eigenvalue weighted by atomic mass is 35.5. The molecule has 0 aliphatic rings. The Morgan fingerprint density at radius 3 is 2.60 bits per heavy atom. The van der Waals surface area contributed by atoms with Crippen molar-refractivity contribution >= 4 is 35.6 Å². The number of amides is 2. The van der Waals surface area contributed by atoms with E-state index in [1.165, 1.54) is 24.1 Å². The second-order valence-electron chi connectivity index (χ2n) is 4.13. The molecule has 108 valence electrons. The van der Waals surface area contributed by atoms with Crippen LogP contribution in [0.1, 0.15) is 22.3 Å². The molecule has 7 heteroatoms. The van der Waals surface area contributed by atoms with Crippen LogP contribution in [0.15, 0.2) is 12.1 Å². The van der Waals surface area contributed by atoms with Crippen molar-refractivity contribution in [3.05, 3.63) is 28.3 Å². The fraction of sp³-hybridized carbons (Fsp3) is 0.308. The molecule has 0 saturated heterocycles. The number of carbonyl (C=O) groups is 3. The highest BCUT2D eigenvalue weighted by Crippen LogP contribution is 2.28. The zero-order valence-corrected chi connectivity index (χ0v) is 11.9. The number of nitrogens with one attached hydrogen (secondary N) is 1. The Morgan fingerprint density at radius 1 is 1.45 bits per heavy atom. The molecular formula is C13H15ClN2O4. The van der Waals surface area contributed by atoms with Gasteiger partial charge < -0.3 is 15.3 Å². The first-order valence-electron chi connectivity index (χ1n) is 5.86. The molecule has 0 saturated carbocycles. The van der Waals surface area contributed by atoms with Gasteiger partial charge in [0.1, 0.15) is 0 Å². The summed E-state index contributed by atoms with van der Waals surface area (Å²) >= 11 is 5.97. The molecule has 1 rings (SSSR count). The molecule has 2 N–H and O–H groups in total. The Labute approximate surface area is 121 Å². The minimum atomic E-state index is -1.13. The summed E-state index contributed by atoms with van der Waals surface area (Å²) in [7, 11) is 1.50. The number of halogens is 1. The zero-order chi connectivity index (χ0) is 15.3. The number of carboxylic acids is 1. The molecule has 0 radical (unpaired) electrons. The third kappa shape index (κ3) is 3.71. The molecule has 0 atom stereocenters. The first kappa shape index (κ1) is 16.0. The van der Waals surface area contributed by atoms with Gasteiger partial charge in [0.15, 0.2) is 0 Å². The molecule has 0 fully saturated rings. The van der Waals surface area contributed by atoms with E-state index >= 15 is 0 Å². The number of carbonyl (C=O) groups excluding carboxylic acids is 2. The van der Waals surface area contributed by atoms with Crippen molar-refractivity contribution in [2.24, 2.45) is 0 Å². The molecule has 20 heavy (non-hydrogen) atoms. The third-order valence-corrected chi connectivity index (χ3v) is 3.25. The van der Waals surface area contributed by atoms with Gasteiger partial charge in [0.2, 0.25) is 12.3 Å². The Bertz CT molecular complexity index is 545. The first-order chi connectivity index (χ1) is 9.40. The molecule has 0 heterocycles. The number of nitrogens with zero attached hydrogens (tertiary/aromatic N) is 1. The summed E-state index contributed by atoms with van der Waals surface area (Å²) in [5.41, 5.74) is 0.955. The van der Waals surface area contributed by atoms with Crippen molar-refractivity contribution in [3.8, 4) is 0 Å². The summed E-state index contributed by atoms with van der Waals surface area (Å²) in [6.45, 7) is 1.82. The summed E-state index contributed by atoms with van der Waals surface area (Å²) in [6, 6.07) is 2.69. The topological polar surface area (TPSA) is 86.7 Å². The maximum absolute atomic E-state index is 11.2. The number of hydrogen-bond acceptors (Lipinski definition) is 3. The van der Waals surface area contributed by atoms with E-state index in [0.29, 0.717) is 17.7 Å². The maximum Gasteiger partial charge on any atom is 0.335 e. The van der Waals surface area contributed by atoms with Crippen LogP contribution in [0.3, 0.4) is 0 Å². The Kier molecular flexibility index (Phi) is 5.52. The number of anilines is 1. The largest absolute Gasteiger partial charge is 0.478 e. The van der Waals surface area contributed by atoms with Crippen LogP contribution >= 0.6 is 11.6 Å². The summed E-state index contributed by atoms with van der Waals surface area (Å²) in [5.74, 6) is -1.35. The van der Waals surface area contributed by atoms with Crippen LogP contribution in [0.5, 0.6) is 0 Å². The molecule has 0 spiro atoms. The van der Waals surface area contributed by atoms with Crippen molar-refractivity contribution in [1.29, 1.82) is 0 Å². The number of hydrogen-bond donors (Lipinski definition) is 2. The molecule has 0 bridgehead atoms. The van der Waals surface area contributed by atoms with Crippen molar-refractivity contribution in [2.75, 3.05) is 18.5 Å². The average molecular weight is 299 g/mol. The predicted octanol–water partition coefficient (Wildman–Crippen LogP) is 1.45. The number of aromatic carboxylic acids is 1. The van der Waals surface area contributed by atoms with Crippen molar-refractivity contribution in [3.63, 3.8) is 0 Å². The van der Waals surface area contributed by atoms with Gasteiger partial charge in [-0.25, -0.2) is 4.79 Å². The van der Waals surface area contributed by atoms with E-state index in [4.69, 9.17) is 16.7 Å². The number of carboxylic acid groups (broad SMARTS) is 1. The predicted molar refractivity (Wildman–Crippen MR) is 75.2 cm³/mol. The van der Waals surface area contributed by atoms with Gasteiger partial charge in [0, 0.05) is 30.7 Å². The molecule has 1 aromatic carbocycles. The highest BCUT2D eigenvalue weighted by molar-refractivity contribution is 6.32. The molecule has 0 unspecified atom stereocenters.